The number of hydrogen-bond donors (Lipinski definition) is 0. The number of aromatic nitrogens is 2. The minimum absolute atomic E-state index is 0.825. The van der Waals surface area contributed by atoms with Gasteiger partial charge in [0.05, 0.1) is 6.61 Å². The second-order valence-corrected chi connectivity index (χ2v) is 8.82. The van der Waals surface area contributed by atoms with Crippen LogP contribution in [0, 0.1) is 0 Å². The Bertz CT molecular complexity index is 1090. The van der Waals surface area contributed by atoms with Crippen molar-refractivity contribution in [1.29, 1.82) is 0 Å². The summed E-state index contributed by atoms with van der Waals surface area (Å²) in [4.78, 5) is 15.0. The van der Waals surface area contributed by atoms with E-state index in [1.807, 2.05) is 6.07 Å². The van der Waals surface area contributed by atoms with Crippen molar-refractivity contribution in [2.24, 2.45) is 0 Å². The third-order valence-electron chi connectivity index (χ3n) is 6.78. The third-order valence-corrected chi connectivity index (χ3v) is 6.78. The van der Waals surface area contributed by atoms with E-state index in [4.69, 9.17) is 14.7 Å². The Morgan fingerprint density at radius 3 is 2.61 bits per heavy atom. The van der Waals surface area contributed by atoms with Gasteiger partial charge in [0.25, 0.3) is 0 Å². The highest BCUT2D eigenvalue weighted by Crippen LogP contribution is 2.32. The largest absolute Gasteiger partial charge is 0.493 e. The van der Waals surface area contributed by atoms with Crippen molar-refractivity contribution in [3.63, 3.8) is 0 Å². The summed E-state index contributed by atoms with van der Waals surface area (Å²) < 4.78 is 5.65. The quantitative estimate of drug-likeness (QED) is 0.650. The van der Waals surface area contributed by atoms with Gasteiger partial charge in [-0.3, -0.25) is 4.90 Å². The van der Waals surface area contributed by atoms with E-state index >= 15 is 0 Å². The van der Waals surface area contributed by atoms with Crippen molar-refractivity contribution in [1.82, 2.24) is 14.9 Å². The number of ether oxygens (including phenoxy) is 1. The zero-order chi connectivity index (χ0) is 20.6. The van der Waals surface area contributed by atoms with Gasteiger partial charge in [0.2, 0.25) is 0 Å². The molecule has 0 saturated carbocycles. The van der Waals surface area contributed by atoms with E-state index < -0.39 is 0 Å². The average molecular weight is 413 g/mol. The Morgan fingerprint density at radius 1 is 0.871 bits per heavy atom. The molecule has 5 heteroatoms. The van der Waals surface area contributed by atoms with Crippen LogP contribution in [0.3, 0.4) is 0 Å². The number of rotatable bonds is 4. The summed E-state index contributed by atoms with van der Waals surface area (Å²) in [5.74, 6) is 3.12. The normalized spacial score (nSPS) is 18.0. The molecule has 1 fully saturated rings. The second-order valence-electron chi connectivity index (χ2n) is 8.82. The Labute approximate surface area is 183 Å². The standard InChI is InChI=1S/C26H28N4O/c1-2-5-20(6-3-1)25-27-23-8-4-7-22(23)26(28-25)30-14-12-29(13-15-30)18-19-9-10-24-21(17-19)11-16-31-24/h1-3,5-6,9-10,17H,4,7-8,11-16,18H2. The molecule has 2 aromatic carbocycles. The van der Waals surface area contributed by atoms with Gasteiger partial charge in [-0.1, -0.05) is 42.5 Å². The highest BCUT2D eigenvalue weighted by Gasteiger charge is 2.26. The first-order chi connectivity index (χ1) is 15.3. The lowest BCUT2D eigenvalue weighted by molar-refractivity contribution is 0.249. The zero-order valence-electron chi connectivity index (χ0n) is 17.9. The Kier molecular flexibility index (Phi) is 4.84. The highest BCUT2D eigenvalue weighted by molar-refractivity contribution is 5.61. The van der Waals surface area contributed by atoms with Gasteiger partial charge in [-0.15, -0.1) is 0 Å². The fraction of sp³-hybridized carbons (Fsp3) is 0.385. The second kappa shape index (κ2) is 7.97. The fourth-order valence-corrected chi connectivity index (χ4v) is 5.10. The maximum Gasteiger partial charge on any atom is 0.161 e. The molecule has 0 atom stereocenters. The van der Waals surface area contributed by atoms with Crippen molar-refractivity contribution < 1.29 is 4.74 Å². The zero-order valence-corrected chi connectivity index (χ0v) is 17.9. The maximum atomic E-state index is 5.65. The van der Waals surface area contributed by atoms with Crippen molar-refractivity contribution in [3.05, 3.63) is 70.9 Å². The monoisotopic (exact) mass is 412 g/mol. The fourth-order valence-electron chi connectivity index (χ4n) is 5.10. The summed E-state index contributed by atoms with van der Waals surface area (Å²) in [7, 11) is 0. The molecule has 0 bridgehead atoms. The van der Waals surface area contributed by atoms with Crippen LogP contribution >= 0.6 is 0 Å². The molecule has 2 aliphatic heterocycles. The topological polar surface area (TPSA) is 41.5 Å². The Morgan fingerprint density at radius 2 is 1.74 bits per heavy atom. The molecule has 0 spiro atoms. The lowest BCUT2D eigenvalue weighted by Crippen LogP contribution is -2.46. The molecule has 0 N–H and O–H groups in total. The maximum absolute atomic E-state index is 5.65. The van der Waals surface area contributed by atoms with E-state index in [0.29, 0.717) is 0 Å². The van der Waals surface area contributed by atoms with Crippen LogP contribution in [0.25, 0.3) is 11.4 Å². The molecule has 0 unspecified atom stereocenters. The summed E-state index contributed by atoms with van der Waals surface area (Å²) in [5, 5.41) is 0. The Hall–Kier alpha value is -2.92. The van der Waals surface area contributed by atoms with Gasteiger partial charge in [0.15, 0.2) is 5.82 Å². The molecule has 0 amide bonds. The molecular formula is C26H28N4O. The van der Waals surface area contributed by atoms with Crippen LogP contribution in [0.1, 0.15) is 28.8 Å². The van der Waals surface area contributed by atoms with Crippen LogP contribution in [0.2, 0.25) is 0 Å². The first kappa shape index (κ1) is 18.8. The lowest BCUT2D eigenvalue weighted by Gasteiger charge is -2.36. The van der Waals surface area contributed by atoms with Crippen LogP contribution in [0.5, 0.6) is 5.75 Å². The Balaban J connectivity index is 1.19. The molecule has 5 nitrogen and oxygen atoms in total. The molecule has 3 aliphatic rings. The van der Waals surface area contributed by atoms with Crippen molar-refractivity contribution >= 4 is 5.82 Å². The number of piperazine rings is 1. The number of fused-ring (bicyclic) bond motifs is 2. The van der Waals surface area contributed by atoms with E-state index in [2.05, 4.69) is 52.3 Å². The first-order valence-electron chi connectivity index (χ1n) is 11.5. The summed E-state index contributed by atoms with van der Waals surface area (Å²) in [6.07, 6.45) is 4.42. The number of anilines is 1. The van der Waals surface area contributed by atoms with Gasteiger partial charge in [0, 0.05) is 56.0 Å². The smallest absolute Gasteiger partial charge is 0.161 e. The van der Waals surface area contributed by atoms with E-state index in [1.54, 1.807) is 0 Å². The molecule has 1 aromatic heterocycles. The van der Waals surface area contributed by atoms with Gasteiger partial charge < -0.3 is 9.64 Å². The minimum atomic E-state index is 0.825. The van der Waals surface area contributed by atoms with Crippen LogP contribution in [0.4, 0.5) is 5.82 Å². The van der Waals surface area contributed by atoms with E-state index in [0.717, 1.165) is 75.7 Å². The molecule has 6 rings (SSSR count). The molecule has 158 valence electrons. The molecule has 3 heterocycles. The number of hydrogen-bond acceptors (Lipinski definition) is 5. The predicted octanol–water partition coefficient (Wildman–Crippen LogP) is 3.89. The van der Waals surface area contributed by atoms with Gasteiger partial charge in [-0.05, 0) is 36.5 Å². The summed E-state index contributed by atoms with van der Waals surface area (Å²) in [5.41, 5.74) is 6.50. The molecule has 31 heavy (non-hydrogen) atoms. The number of benzene rings is 2. The minimum Gasteiger partial charge on any atom is -0.493 e. The van der Waals surface area contributed by atoms with Gasteiger partial charge >= 0.3 is 0 Å². The van der Waals surface area contributed by atoms with E-state index in [-0.39, 0.29) is 0 Å². The number of nitrogens with zero attached hydrogens (tertiary/aromatic N) is 4. The van der Waals surface area contributed by atoms with Gasteiger partial charge in [-0.25, -0.2) is 9.97 Å². The molecule has 1 saturated heterocycles. The predicted molar refractivity (Wildman–Crippen MR) is 123 cm³/mol. The van der Waals surface area contributed by atoms with E-state index in [1.165, 1.54) is 34.6 Å². The van der Waals surface area contributed by atoms with Gasteiger partial charge in [0.1, 0.15) is 11.6 Å². The molecule has 3 aromatic rings. The van der Waals surface area contributed by atoms with Crippen LogP contribution in [0.15, 0.2) is 48.5 Å². The molecular weight excluding hydrogens is 384 g/mol. The van der Waals surface area contributed by atoms with Crippen molar-refractivity contribution in [2.75, 3.05) is 37.7 Å². The van der Waals surface area contributed by atoms with Crippen LogP contribution in [-0.2, 0) is 25.8 Å². The highest BCUT2D eigenvalue weighted by atomic mass is 16.5. The van der Waals surface area contributed by atoms with E-state index in [9.17, 15) is 0 Å². The summed E-state index contributed by atoms with van der Waals surface area (Å²) >= 11 is 0. The average Bonchev–Trinajstić information content (AvgIpc) is 3.48. The van der Waals surface area contributed by atoms with Gasteiger partial charge in [-0.2, -0.15) is 0 Å². The lowest BCUT2D eigenvalue weighted by atomic mass is 10.1. The van der Waals surface area contributed by atoms with Crippen LogP contribution in [-0.4, -0.2) is 47.7 Å². The summed E-state index contributed by atoms with van der Waals surface area (Å²) in [6, 6.07) is 17.1. The first-order valence-corrected chi connectivity index (χ1v) is 11.5. The third kappa shape index (κ3) is 3.68. The SMILES string of the molecule is c1ccc(-c2nc3c(c(N4CCN(Cc5ccc6c(c5)CCO6)CC4)n2)CCC3)cc1. The van der Waals surface area contributed by atoms with Crippen molar-refractivity contribution in [3.8, 4) is 17.1 Å². The number of aryl methyl sites for hydroxylation is 1. The molecule has 0 radical (unpaired) electrons. The molecule has 1 aliphatic carbocycles. The van der Waals surface area contributed by atoms with Crippen LogP contribution < -0.4 is 9.64 Å². The summed E-state index contributed by atoms with van der Waals surface area (Å²) in [6.45, 7) is 6.00. The van der Waals surface area contributed by atoms with Crippen molar-refractivity contribution in [2.45, 2.75) is 32.2 Å².